The zero-order chi connectivity index (χ0) is 19.8. The van der Waals surface area contributed by atoms with Crippen molar-refractivity contribution in [1.82, 2.24) is 15.3 Å². The van der Waals surface area contributed by atoms with Gasteiger partial charge in [0.05, 0.1) is 0 Å². The highest BCUT2D eigenvalue weighted by atomic mass is 16.1. The summed E-state index contributed by atoms with van der Waals surface area (Å²) in [5, 5.41) is 3.47. The Balaban J connectivity index is 1.85. The molecule has 3 N–H and O–H groups in total. The first-order valence-electron chi connectivity index (χ1n) is 9.50. The number of hydrogen-bond donors (Lipinski definition) is 2. The first kappa shape index (κ1) is 19.7. The summed E-state index contributed by atoms with van der Waals surface area (Å²) in [5.74, 6) is -0.367. The van der Waals surface area contributed by atoms with Crippen LogP contribution in [0.15, 0.2) is 73.3 Å². The number of primary amides is 1. The second-order valence-corrected chi connectivity index (χ2v) is 7.04. The fourth-order valence-electron chi connectivity index (χ4n) is 3.44. The molecule has 0 bridgehead atoms. The van der Waals surface area contributed by atoms with Crippen LogP contribution in [0.5, 0.6) is 0 Å². The molecule has 1 aromatic carbocycles. The summed E-state index contributed by atoms with van der Waals surface area (Å²) in [6, 6.07) is 15.9. The Morgan fingerprint density at radius 2 is 1.68 bits per heavy atom. The maximum atomic E-state index is 12.7. The van der Waals surface area contributed by atoms with Gasteiger partial charge >= 0.3 is 0 Å². The molecule has 28 heavy (non-hydrogen) atoms. The monoisotopic (exact) mass is 374 g/mol. The van der Waals surface area contributed by atoms with Crippen molar-refractivity contribution in [2.45, 2.75) is 31.7 Å². The van der Waals surface area contributed by atoms with Crippen LogP contribution < -0.4 is 11.1 Å². The van der Waals surface area contributed by atoms with Crippen LogP contribution >= 0.6 is 0 Å². The fourth-order valence-corrected chi connectivity index (χ4v) is 3.44. The lowest BCUT2D eigenvalue weighted by Gasteiger charge is -2.33. The van der Waals surface area contributed by atoms with E-state index in [2.05, 4.69) is 15.3 Å². The standard InChI is InChI=1S/C23H26N4O/c1-18-5-2-8-21(15-18)23(22(24)28,11-9-19-6-3-12-25-16-19)27-14-10-20-7-4-13-26-17-20/h2-8,12-13,15-17,27H,9-11,14H2,1H3,(H2,24,28). The van der Waals surface area contributed by atoms with E-state index in [-0.39, 0.29) is 5.91 Å². The summed E-state index contributed by atoms with van der Waals surface area (Å²) in [4.78, 5) is 21.1. The number of amides is 1. The fraction of sp³-hybridized carbons (Fsp3) is 0.261. The number of aryl methyl sites for hydroxylation is 2. The second-order valence-electron chi connectivity index (χ2n) is 7.04. The molecule has 144 valence electrons. The zero-order valence-electron chi connectivity index (χ0n) is 16.1. The molecular weight excluding hydrogens is 348 g/mol. The average molecular weight is 374 g/mol. The SMILES string of the molecule is Cc1cccc(C(CCc2cccnc2)(NCCc2cccnc2)C(N)=O)c1. The highest BCUT2D eigenvalue weighted by molar-refractivity contribution is 5.86. The van der Waals surface area contributed by atoms with Gasteiger partial charge in [0.2, 0.25) is 5.91 Å². The van der Waals surface area contributed by atoms with Crippen LogP contribution in [0.25, 0.3) is 0 Å². The molecule has 0 radical (unpaired) electrons. The molecule has 3 rings (SSSR count). The predicted octanol–water partition coefficient (Wildman–Crippen LogP) is 2.93. The van der Waals surface area contributed by atoms with E-state index in [0.29, 0.717) is 19.4 Å². The molecule has 0 aliphatic rings. The van der Waals surface area contributed by atoms with Gasteiger partial charge in [-0.15, -0.1) is 0 Å². The number of nitrogens with one attached hydrogen (secondary N) is 1. The van der Waals surface area contributed by atoms with Crippen molar-refractivity contribution in [2.75, 3.05) is 6.54 Å². The van der Waals surface area contributed by atoms with Gasteiger partial charge in [0.15, 0.2) is 0 Å². The lowest BCUT2D eigenvalue weighted by molar-refractivity contribution is -0.125. The minimum absolute atomic E-state index is 0.367. The Labute approximate surface area is 166 Å². The third-order valence-corrected chi connectivity index (χ3v) is 5.01. The quantitative estimate of drug-likeness (QED) is 0.603. The first-order valence-corrected chi connectivity index (χ1v) is 9.50. The van der Waals surface area contributed by atoms with E-state index in [1.165, 1.54) is 0 Å². The number of nitrogens with zero attached hydrogens (tertiary/aromatic N) is 2. The molecule has 1 unspecified atom stereocenters. The predicted molar refractivity (Wildman–Crippen MR) is 111 cm³/mol. The summed E-state index contributed by atoms with van der Waals surface area (Å²) in [5.41, 5.74) is 9.22. The van der Waals surface area contributed by atoms with E-state index in [9.17, 15) is 4.79 Å². The van der Waals surface area contributed by atoms with Gasteiger partial charge in [-0.05, 0) is 55.0 Å². The summed E-state index contributed by atoms with van der Waals surface area (Å²) in [7, 11) is 0. The van der Waals surface area contributed by atoms with E-state index in [4.69, 9.17) is 5.73 Å². The molecule has 0 aliphatic carbocycles. The average Bonchev–Trinajstić information content (AvgIpc) is 2.72. The maximum Gasteiger partial charge on any atom is 0.242 e. The van der Waals surface area contributed by atoms with Crippen LogP contribution in [-0.2, 0) is 23.2 Å². The van der Waals surface area contributed by atoms with E-state index < -0.39 is 5.54 Å². The number of pyridine rings is 2. The van der Waals surface area contributed by atoms with Gasteiger partial charge in [0.1, 0.15) is 5.54 Å². The van der Waals surface area contributed by atoms with Crippen LogP contribution in [0, 0.1) is 6.92 Å². The molecule has 3 aromatic rings. The maximum absolute atomic E-state index is 12.7. The third kappa shape index (κ3) is 4.81. The van der Waals surface area contributed by atoms with Crippen LogP contribution in [0.2, 0.25) is 0 Å². The highest BCUT2D eigenvalue weighted by Crippen LogP contribution is 2.28. The number of nitrogens with two attached hydrogens (primary N) is 1. The van der Waals surface area contributed by atoms with E-state index in [0.717, 1.165) is 28.7 Å². The number of rotatable bonds is 9. The van der Waals surface area contributed by atoms with Gasteiger partial charge in [-0.1, -0.05) is 42.0 Å². The van der Waals surface area contributed by atoms with Crippen LogP contribution in [0.3, 0.4) is 0 Å². The van der Waals surface area contributed by atoms with Crippen molar-refractivity contribution < 1.29 is 4.79 Å². The third-order valence-electron chi connectivity index (χ3n) is 5.01. The van der Waals surface area contributed by atoms with Gasteiger partial charge in [-0.2, -0.15) is 0 Å². The summed E-state index contributed by atoms with van der Waals surface area (Å²) < 4.78 is 0. The number of hydrogen-bond acceptors (Lipinski definition) is 4. The lowest BCUT2D eigenvalue weighted by Crippen LogP contribution is -2.53. The minimum Gasteiger partial charge on any atom is -0.368 e. The molecule has 5 heteroatoms. The Morgan fingerprint density at radius 1 is 1.00 bits per heavy atom. The number of carbonyl (C=O) groups excluding carboxylic acids is 1. The van der Waals surface area contributed by atoms with Crippen molar-refractivity contribution in [1.29, 1.82) is 0 Å². The first-order chi connectivity index (χ1) is 13.6. The van der Waals surface area contributed by atoms with Crippen molar-refractivity contribution >= 4 is 5.91 Å². The summed E-state index contributed by atoms with van der Waals surface area (Å²) >= 11 is 0. The van der Waals surface area contributed by atoms with Crippen molar-refractivity contribution in [3.63, 3.8) is 0 Å². The minimum atomic E-state index is -0.940. The van der Waals surface area contributed by atoms with Gasteiger partial charge in [-0.3, -0.25) is 20.1 Å². The molecular formula is C23H26N4O. The molecule has 0 spiro atoms. The van der Waals surface area contributed by atoms with Crippen molar-refractivity contribution in [3.05, 3.63) is 95.6 Å². The molecule has 0 saturated heterocycles. The molecule has 1 atom stereocenters. The van der Waals surface area contributed by atoms with Gasteiger partial charge in [0.25, 0.3) is 0 Å². The zero-order valence-corrected chi connectivity index (χ0v) is 16.1. The van der Waals surface area contributed by atoms with Crippen LogP contribution in [0.4, 0.5) is 0 Å². The smallest absolute Gasteiger partial charge is 0.242 e. The number of carbonyl (C=O) groups is 1. The molecule has 0 fully saturated rings. The molecule has 1 amide bonds. The second kappa shape index (κ2) is 9.24. The van der Waals surface area contributed by atoms with E-state index in [1.807, 2.05) is 67.8 Å². The molecule has 2 heterocycles. The van der Waals surface area contributed by atoms with E-state index >= 15 is 0 Å². The van der Waals surface area contributed by atoms with Crippen LogP contribution in [0.1, 0.15) is 28.7 Å². The molecule has 0 saturated carbocycles. The lowest BCUT2D eigenvalue weighted by atomic mass is 9.82. The Bertz CT molecular complexity index is 899. The van der Waals surface area contributed by atoms with Crippen molar-refractivity contribution in [3.8, 4) is 0 Å². The Morgan fingerprint density at radius 3 is 2.25 bits per heavy atom. The molecule has 0 aliphatic heterocycles. The van der Waals surface area contributed by atoms with E-state index in [1.54, 1.807) is 12.4 Å². The number of benzene rings is 1. The highest BCUT2D eigenvalue weighted by Gasteiger charge is 2.37. The van der Waals surface area contributed by atoms with Gasteiger partial charge < -0.3 is 5.73 Å². The summed E-state index contributed by atoms with van der Waals surface area (Å²) in [6.45, 7) is 2.64. The Kier molecular flexibility index (Phi) is 6.50. The summed E-state index contributed by atoms with van der Waals surface area (Å²) in [6.07, 6.45) is 9.20. The normalized spacial score (nSPS) is 13.0. The largest absolute Gasteiger partial charge is 0.368 e. The molecule has 2 aromatic heterocycles. The van der Waals surface area contributed by atoms with Crippen molar-refractivity contribution in [2.24, 2.45) is 5.73 Å². The number of aromatic nitrogens is 2. The van der Waals surface area contributed by atoms with Gasteiger partial charge in [-0.25, -0.2) is 0 Å². The molecule has 5 nitrogen and oxygen atoms in total. The van der Waals surface area contributed by atoms with Crippen LogP contribution in [-0.4, -0.2) is 22.4 Å². The van der Waals surface area contributed by atoms with Gasteiger partial charge in [0, 0.05) is 31.3 Å². The Hall–Kier alpha value is -3.05. The topological polar surface area (TPSA) is 80.9 Å².